The largest absolute Gasteiger partial charge is 0.416 e. The molecule has 0 saturated carbocycles. The molecular weight excluding hydrogens is 227 g/mol. The van der Waals surface area contributed by atoms with E-state index < -0.39 is 11.7 Å². The third-order valence-electron chi connectivity index (χ3n) is 2.57. The SMILES string of the molecule is CC1C=CC=C(c2ccc(C(F)(F)F)cc2)N1. The highest BCUT2D eigenvalue weighted by Gasteiger charge is 2.30. The third-order valence-corrected chi connectivity index (χ3v) is 2.57. The van der Waals surface area contributed by atoms with Gasteiger partial charge in [0.2, 0.25) is 0 Å². The predicted octanol–water partition coefficient (Wildman–Crippen LogP) is 3.59. The lowest BCUT2D eigenvalue weighted by Crippen LogP contribution is -2.24. The van der Waals surface area contributed by atoms with Gasteiger partial charge in [0.15, 0.2) is 0 Å². The number of dihydropyridines is 1. The maximum atomic E-state index is 12.4. The Morgan fingerprint density at radius 1 is 1.12 bits per heavy atom. The summed E-state index contributed by atoms with van der Waals surface area (Å²) in [5, 5.41) is 3.18. The summed E-state index contributed by atoms with van der Waals surface area (Å²) in [4.78, 5) is 0. The second kappa shape index (κ2) is 4.28. The first-order valence-electron chi connectivity index (χ1n) is 5.29. The minimum Gasteiger partial charge on any atom is -0.379 e. The number of allylic oxidation sites excluding steroid dienone is 2. The Morgan fingerprint density at radius 2 is 1.76 bits per heavy atom. The molecule has 0 aromatic heterocycles. The Kier molecular flexibility index (Phi) is 2.96. The Bertz CT molecular complexity index is 455. The second-order valence-electron chi connectivity index (χ2n) is 3.97. The number of benzene rings is 1. The first-order valence-corrected chi connectivity index (χ1v) is 5.29. The molecule has 1 aliphatic heterocycles. The van der Waals surface area contributed by atoms with Crippen LogP contribution in [-0.4, -0.2) is 6.04 Å². The third kappa shape index (κ3) is 2.70. The Labute approximate surface area is 97.6 Å². The van der Waals surface area contributed by atoms with Crippen LogP contribution in [0.4, 0.5) is 13.2 Å². The zero-order valence-electron chi connectivity index (χ0n) is 9.25. The number of halogens is 3. The van der Waals surface area contributed by atoms with Crippen molar-refractivity contribution >= 4 is 5.70 Å². The van der Waals surface area contributed by atoms with E-state index in [1.807, 2.05) is 25.2 Å². The minimum absolute atomic E-state index is 0.192. The van der Waals surface area contributed by atoms with Crippen LogP contribution in [0, 0.1) is 0 Å². The average molecular weight is 239 g/mol. The van der Waals surface area contributed by atoms with E-state index in [1.165, 1.54) is 12.1 Å². The highest BCUT2D eigenvalue weighted by atomic mass is 19.4. The summed E-state index contributed by atoms with van der Waals surface area (Å²) in [7, 11) is 0. The van der Waals surface area contributed by atoms with Crippen LogP contribution in [0.1, 0.15) is 18.1 Å². The van der Waals surface area contributed by atoms with Crippen LogP contribution in [0.15, 0.2) is 42.5 Å². The van der Waals surface area contributed by atoms with E-state index in [1.54, 1.807) is 0 Å². The summed E-state index contributed by atoms with van der Waals surface area (Å²) in [6.07, 6.45) is 1.45. The molecule has 90 valence electrons. The molecule has 1 heterocycles. The lowest BCUT2D eigenvalue weighted by Gasteiger charge is -2.18. The van der Waals surface area contributed by atoms with E-state index in [2.05, 4.69) is 5.32 Å². The lowest BCUT2D eigenvalue weighted by molar-refractivity contribution is -0.137. The highest BCUT2D eigenvalue weighted by Crippen LogP contribution is 2.30. The van der Waals surface area contributed by atoms with Crippen molar-refractivity contribution in [2.45, 2.75) is 19.1 Å². The van der Waals surface area contributed by atoms with E-state index in [-0.39, 0.29) is 6.04 Å². The zero-order valence-corrected chi connectivity index (χ0v) is 9.25. The summed E-state index contributed by atoms with van der Waals surface area (Å²) in [6, 6.07) is 5.35. The molecule has 1 unspecified atom stereocenters. The number of alkyl halides is 3. The molecule has 2 rings (SSSR count). The van der Waals surface area contributed by atoms with Crippen molar-refractivity contribution in [2.24, 2.45) is 0 Å². The fraction of sp³-hybridized carbons (Fsp3) is 0.231. The van der Waals surface area contributed by atoms with Crippen molar-refractivity contribution in [3.8, 4) is 0 Å². The fourth-order valence-electron chi connectivity index (χ4n) is 1.68. The molecule has 0 saturated heterocycles. The maximum absolute atomic E-state index is 12.4. The summed E-state index contributed by atoms with van der Waals surface area (Å²) < 4.78 is 37.1. The topological polar surface area (TPSA) is 12.0 Å². The summed E-state index contributed by atoms with van der Waals surface area (Å²) in [5.74, 6) is 0. The Balaban J connectivity index is 2.24. The molecule has 4 heteroatoms. The van der Waals surface area contributed by atoms with Crippen LogP contribution in [0.3, 0.4) is 0 Å². The van der Waals surface area contributed by atoms with Gasteiger partial charge in [-0.3, -0.25) is 0 Å². The van der Waals surface area contributed by atoms with Gasteiger partial charge in [0.05, 0.1) is 5.56 Å². The second-order valence-corrected chi connectivity index (χ2v) is 3.97. The van der Waals surface area contributed by atoms with Crippen LogP contribution in [0.2, 0.25) is 0 Å². The first-order chi connectivity index (χ1) is 7.97. The van der Waals surface area contributed by atoms with Gasteiger partial charge in [-0.25, -0.2) is 0 Å². The van der Waals surface area contributed by atoms with Crippen molar-refractivity contribution < 1.29 is 13.2 Å². The molecule has 0 radical (unpaired) electrons. The molecule has 0 spiro atoms. The monoisotopic (exact) mass is 239 g/mol. The number of hydrogen-bond acceptors (Lipinski definition) is 1. The van der Waals surface area contributed by atoms with Crippen molar-refractivity contribution in [3.63, 3.8) is 0 Å². The van der Waals surface area contributed by atoms with Gasteiger partial charge >= 0.3 is 6.18 Å². The van der Waals surface area contributed by atoms with Crippen molar-refractivity contribution in [1.82, 2.24) is 5.32 Å². The summed E-state index contributed by atoms with van der Waals surface area (Å²) in [5.41, 5.74) is 0.976. The Hall–Kier alpha value is -1.71. The lowest BCUT2D eigenvalue weighted by atomic mass is 10.1. The smallest absolute Gasteiger partial charge is 0.379 e. The summed E-state index contributed by atoms with van der Waals surface area (Å²) in [6.45, 7) is 1.98. The standard InChI is InChI=1S/C13H12F3N/c1-9-3-2-4-12(17-9)10-5-7-11(8-6-10)13(14,15)16/h2-9,17H,1H3. The van der Waals surface area contributed by atoms with E-state index >= 15 is 0 Å². The molecule has 1 nitrogen and oxygen atoms in total. The van der Waals surface area contributed by atoms with Crippen molar-refractivity contribution in [2.75, 3.05) is 0 Å². The van der Waals surface area contributed by atoms with E-state index in [9.17, 15) is 13.2 Å². The molecule has 17 heavy (non-hydrogen) atoms. The van der Waals surface area contributed by atoms with E-state index in [0.717, 1.165) is 23.4 Å². The van der Waals surface area contributed by atoms with Crippen molar-refractivity contribution in [1.29, 1.82) is 0 Å². The van der Waals surface area contributed by atoms with Crippen LogP contribution < -0.4 is 5.32 Å². The van der Waals surface area contributed by atoms with Crippen LogP contribution in [0.25, 0.3) is 5.70 Å². The molecule has 0 aliphatic carbocycles. The molecule has 0 fully saturated rings. The summed E-state index contributed by atoms with van der Waals surface area (Å²) >= 11 is 0. The van der Waals surface area contributed by atoms with Gasteiger partial charge in [0, 0.05) is 11.7 Å². The predicted molar refractivity (Wildman–Crippen MR) is 61.2 cm³/mol. The molecule has 1 aliphatic rings. The van der Waals surface area contributed by atoms with Gasteiger partial charge in [-0.05, 0) is 30.7 Å². The van der Waals surface area contributed by atoms with E-state index in [0.29, 0.717) is 0 Å². The number of hydrogen-bond donors (Lipinski definition) is 1. The van der Waals surface area contributed by atoms with E-state index in [4.69, 9.17) is 0 Å². The molecule has 0 amide bonds. The Morgan fingerprint density at radius 3 is 2.29 bits per heavy atom. The van der Waals surface area contributed by atoms with Gasteiger partial charge in [-0.15, -0.1) is 0 Å². The molecule has 1 aromatic carbocycles. The average Bonchev–Trinajstić information content (AvgIpc) is 2.28. The molecule has 1 atom stereocenters. The first kappa shape index (κ1) is 11.8. The van der Waals surface area contributed by atoms with Crippen LogP contribution >= 0.6 is 0 Å². The quantitative estimate of drug-likeness (QED) is 0.789. The van der Waals surface area contributed by atoms with Crippen molar-refractivity contribution in [3.05, 3.63) is 53.6 Å². The number of nitrogens with one attached hydrogen (secondary N) is 1. The normalized spacial score (nSPS) is 19.8. The van der Waals surface area contributed by atoms with Gasteiger partial charge < -0.3 is 5.32 Å². The van der Waals surface area contributed by atoms with Crippen LogP contribution in [-0.2, 0) is 6.18 Å². The molecular formula is C13H12F3N. The minimum atomic E-state index is -4.28. The highest BCUT2D eigenvalue weighted by molar-refractivity contribution is 5.67. The van der Waals surface area contributed by atoms with Gasteiger partial charge in [0.25, 0.3) is 0 Å². The van der Waals surface area contributed by atoms with Gasteiger partial charge in [-0.1, -0.05) is 24.3 Å². The zero-order chi connectivity index (χ0) is 12.5. The van der Waals surface area contributed by atoms with Gasteiger partial charge in [0.1, 0.15) is 0 Å². The fourth-order valence-corrected chi connectivity index (χ4v) is 1.68. The maximum Gasteiger partial charge on any atom is 0.416 e. The molecule has 1 aromatic rings. The van der Waals surface area contributed by atoms with Gasteiger partial charge in [-0.2, -0.15) is 13.2 Å². The molecule has 1 N–H and O–H groups in total. The van der Waals surface area contributed by atoms with Crippen LogP contribution in [0.5, 0.6) is 0 Å². The number of rotatable bonds is 1. The molecule has 0 bridgehead atoms.